The third-order valence-electron chi connectivity index (χ3n) is 7.07. The number of nitrogens with two attached hydrogens (primary N) is 1. The molecule has 4 N–H and O–H groups in total. The normalized spacial score (nSPS) is 16.8. The van der Waals surface area contributed by atoms with Crippen molar-refractivity contribution in [2.75, 3.05) is 50.5 Å². The zero-order valence-corrected chi connectivity index (χ0v) is 21.3. The molecule has 2 aliphatic rings. The molecular weight excluding hydrogens is 454 g/mol. The van der Waals surface area contributed by atoms with Crippen LogP contribution in [0.5, 0.6) is 5.75 Å². The summed E-state index contributed by atoms with van der Waals surface area (Å²) in [6, 6.07) is 14.5. The van der Waals surface area contributed by atoms with Gasteiger partial charge in [0.15, 0.2) is 0 Å². The molecule has 0 spiro atoms. The SMILES string of the molecule is CC(C)NC(=O)Nc1ccc(-c2c(N)c3ccc(OCCN4CCOCC4)cc3n2C2CCC2)cc1. The van der Waals surface area contributed by atoms with Gasteiger partial charge in [0.05, 0.1) is 30.1 Å². The summed E-state index contributed by atoms with van der Waals surface area (Å²) in [5.74, 6) is 0.871. The van der Waals surface area contributed by atoms with E-state index in [-0.39, 0.29) is 12.1 Å². The minimum atomic E-state index is -0.206. The van der Waals surface area contributed by atoms with Gasteiger partial charge in [-0.15, -0.1) is 0 Å². The minimum Gasteiger partial charge on any atom is -0.492 e. The van der Waals surface area contributed by atoms with Crippen LogP contribution >= 0.6 is 0 Å². The Balaban J connectivity index is 1.39. The van der Waals surface area contributed by atoms with Crippen LogP contribution in [0.4, 0.5) is 16.2 Å². The number of hydrogen-bond donors (Lipinski definition) is 3. The number of carbonyl (C=O) groups excluding carboxylic acids is 1. The van der Waals surface area contributed by atoms with Gasteiger partial charge in [0, 0.05) is 54.4 Å². The summed E-state index contributed by atoms with van der Waals surface area (Å²) < 4.78 is 14.0. The smallest absolute Gasteiger partial charge is 0.319 e. The van der Waals surface area contributed by atoms with E-state index >= 15 is 0 Å². The molecular formula is C28H37N5O3. The summed E-state index contributed by atoms with van der Waals surface area (Å²) in [6.07, 6.45) is 3.52. The maximum Gasteiger partial charge on any atom is 0.319 e. The minimum absolute atomic E-state index is 0.0792. The molecule has 2 heterocycles. The van der Waals surface area contributed by atoms with Crippen molar-refractivity contribution in [3.05, 3.63) is 42.5 Å². The van der Waals surface area contributed by atoms with Crippen molar-refractivity contribution in [1.82, 2.24) is 14.8 Å². The van der Waals surface area contributed by atoms with Crippen LogP contribution in [0, 0.1) is 0 Å². The van der Waals surface area contributed by atoms with Crippen LogP contribution in [0.25, 0.3) is 22.2 Å². The maximum absolute atomic E-state index is 12.1. The Labute approximate surface area is 212 Å². The fraction of sp³-hybridized carbons (Fsp3) is 0.464. The van der Waals surface area contributed by atoms with Crippen LogP contribution in [0.3, 0.4) is 0 Å². The number of ether oxygens (including phenoxy) is 2. The Morgan fingerprint density at radius 3 is 2.56 bits per heavy atom. The number of aromatic nitrogens is 1. The molecule has 0 unspecified atom stereocenters. The number of amides is 2. The van der Waals surface area contributed by atoms with E-state index in [1.807, 2.05) is 44.2 Å². The van der Waals surface area contributed by atoms with Gasteiger partial charge in [-0.2, -0.15) is 0 Å². The van der Waals surface area contributed by atoms with Crippen molar-refractivity contribution in [3.63, 3.8) is 0 Å². The average molecular weight is 492 g/mol. The second-order valence-corrected chi connectivity index (χ2v) is 10.0. The lowest BCUT2D eigenvalue weighted by molar-refractivity contribution is 0.0322. The average Bonchev–Trinajstić information content (AvgIpc) is 3.10. The quantitative estimate of drug-likeness (QED) is 0.419. The molecule has 1 aliphatic heterocycles. The molecule has 36 heavy (non-hydrogen) atoms. The van der Waals surface area contributed by atoms with Crippen molar-refractivity contribution in [3.8, 4) is 17.0 Å². The number of carbonyl (C=O) groups is 1. The van der Waals surface area contributed by atoms with Gasteiger partial charge in [-0.25, -0.2) is 4.79 Å². The molecule has 5 rings (SSSR count). The number of rotatable bonds is 8. The van der Waals surface area contributed by atoms with E-state index in [0.717, 1.165) is 85.0 Å². The van der Waals surface area contributed by atoms with Crippen LogP contribution in [0.1, 0.15) is 39.2 Å². The molecule has 192 valence electrons. The van der Waals surface area contributed by atoms with Crippen molar-refractivity contribution in [2.45, 2.75) is 45.2 Å². The fourth-order valence-corrected chi connectivity index (χ4v) is 4.98. The lowest BCUT2D eigenvalue weighted by Crippen LogP contribution is -2.38. The molecule has 1 aromatic heterocycles. The number of nitrogens with one attached hydrogen (secondary N) is 2. The molecule has 2 amide bonds. The molecule has 2 fully saturated rings. The van der Waals surface area contributed by atoms with Gasteiger partial charge in [0.2, 0.25) is 0 Å². The first kappa shape index (κ1) is 24.5. The predicted molar refractivity (Wildman–Crippen MR) is 145 cm³/mol. The fourth-order valence-electron chi connectivity index (χ4n) is 4.98. The highest BCUT2D eigenvalue weighted by Gasteiger charge is 2.27. The number of morpholine rings is 1. The van der Waals surface area contributed by atoms with Crippen LogP contribution in [-0.4, -0.2) is 61.0 Å². The molecule has 8 nitrogen and oxygen atoms in total. The summed E-state index contributed by atoms with van der Waals surface area (Å²) in [6.45, 7) is 8.94. The highest BCUT2D eigenvalue weighted by Crippen LogP contribution is 2.44. The molecule has 0 radical (unpaired) electrons. The third kappa shape index (κ3) is 5.29. The van der Waals surface area contributed by atoms with E-state index in [4.69, 9.17) is 15.2 Å². The van der Waals surface area contributed by atoms with E-state index in [9.17, 15) is 4.79 Å². The molecule has 0 bridgehead atoms. The van der Waals surface area contributed by atoms with Crippen LogP contribution in [0.2, 0.25) is 0 Å². The number of nitrogens with zero attached hydrogens (tertiary/aromatic N) is 2. The molecule has 1 saturated carbocycles. The molecule has 0 atom stereocenters. The second kappa shape index (κ2) is 10.8. The number of urea groups is 1. The molecule has 2 aromatic carbocycles. The Morgan fingerprint density at radius 1 is 1.14 bits per heavy atom. The van der Waals surface area contributed by atoms with Gasteiger partial charge in [-0.05, 0) is 57.4 Å². The van der Waals surface area contributed by atoms with Gasteiger partial charge >= 0.3 is 6.03 Å². The standard InChI is InChI=1S/C28H37N5O3/c1-19(2)30-28(34)31-21-8-6-20(7-9-21)27-26(29)24-11-10-23(18-25(24)33(27)22-4-3-5-22)36-17-14-32-12-15-35-16-13-32/h6-11,18-19,22H,3-5,12-17,29H2,1-2H3,(H2,30,31,34). The van der Waals surface area contributed by atoms with Crippen molar-refractivity contribution >= 4 is 28.3 Å². The number of nitrogen functional groups attached to an aromatic ring is 1. The van der Waals surface area contributed by atoms with E-state index in [0.29, 0.717) is 12.6 Å². The first-order valence-corrected chi connectivity index (χ1v) is 13.0. The Kier molecular flexibility index (Phi) is 7.34. The molecule has 8 heteroatoms. The van der Waals surface area contributed by atoms with Gasteiger partial charge in [-0.1, -0.05) is 12.1 Å². The molecule has 1 aliphatic carbocycles. The topological polar surface area (TPSA) is 93.8 Å². The number of hydrogen-bond acceptors (Lipinski definition) is 5. The first-order valence-electron chi connectivity index (χ1n) is 13.0. The number of benzene rings is 2. The summed E-state index contributed by atoms with van der Waals surface area (Å²) in [5.41, 5.74) is 11.5. The Hall–Kier alpha value is -3.23. The van der Waals surface area contributed by atoms with E-state index in [1.165, 1.54) is 6.42 Å². The molecule has 3 aromatic rings. The Bertz CT molecular complexity index is 1190. The monoisotopic (exact) mass is 491 g/mol. The lowest BCUT2D eigenvalue weighted by Gasteiger charge is -2.30. The Morgan fingerprint density at radius 2 is 1.89 bits per heavy atom. The van der Waals surface area contributed by atoms with E-state index < -0.39 is 0 Å². The summed E-state index contributed by atoms with van der Waals surface area (Å²) in [5, 5.41) is 6.79. The van der Waals surface area contributed by atoms with Gasteiger partial charge in [-0.3, -0.25) is 4.90 Å². The van der Waals surface area contributed by atoms with E-state index in [2.05, 4.69) is 32.2 Å². The lowest BCUT2D eigenvalue weighted by atomic mass is 9.92. The highest BCUT2D eigenvalue weighted by molar-refractivity contribution is 6.02. The highest BCUT2D eigenvalue weighted by atomic mass is 16.5. The maximum atomic E-state index is 12.1. The second-order valence-electron chi connectivity index (χ2n) is 10.0. The molecule has 1 saturated heterocycles. The van der Waals surface area contributed by atoms with Gasteiger partial charge < -0.3 is 30.4 Å². The summed E-state index contributed by atoms with van der Waals surface area (Å²) >= 11 is 0. The summed E-state index contributed by atoms with van der Waals surface area (Å²) in [7, 11) is 0. The van der Waals surface area contributed by atoms with Crippen LogP contribution in [-0.2, 0) is 4.74 Å². The van der Waals surface area contributed by atoms with E-state index in [1.54, 1.807) is 0 Å². The number of anilines is 2. The van der Waals surface area contributed by atoms with Crippen LogP contribution in [0.15, 0.2) is 42.5 Å². The summed E-state index contributed by atoms with van der Waals surface area (Å²) in [4.78, 5) is 14.4. The largest absolute Gasteiger partial charge is 0.492 e. The van der Waals surface area contributed by atoms with Gasteiger partial charge in [0.25, 0.3) is 0 Å². The zero-order valence-electron chi connectivity index (χ0n) is 21.3. The van der Waals surface area contributed by atoms with Crippen molar-refractivity contribution < 1.29 is 14.3 Å². The first-order chi connectivity index (χ1) is 17.5. The van der Waals surface area contributed by atoms with Gasteiger partial charge in [0.1, 0.15) is 12.4 Å². The van der Waals surface area contributed by atoms with Crippen LogP contribution < -0.4 is 21.1 Å². The van der Waals surface area contributed by atoms with Crippen molar-refractivity contribution in [1.29, 1.82) is 0 Å². The van der Waals surface area contributed by atoms with Crippen molar-refractivity contribution in [2.24, 2.45) is 0 Å². The zero-order chi connectivity index (χ0) is 25.1. The number of fused-ring (bicyclic) bond motifs is 1. The third-order valence-corrected chi connectivity index (χ3v) is 7.07. The predicted octanol–water partition coefficient (Wildman–Crippen LogP) is 4.86.